The van der Waals surface area contributed by atoms with Crippen molar-refractivity contribution in [2.45, 2.75) is 70.1 Å². The van der Waals surface area contributed by atoms with Crippen molar-refractivity contribution in [3.8, 4) is 0 Å². The number of hydrogen-bond acceptors (Lipinski definition) is 5. The lowest BCUT2D eigenvalue weighted by atomic mass is 10.00. The Hall–Kier alpha value is -1.64. The molecule has 172 valence electrons. The number of hydrogen-bond donors (Lipinski definition) is 2. The van der Waals surface area contributed by atoms with Crippen molar-refractivity contribution in [3.63, 3.8) is 0 Å². The maximum atomic E-state index is 12.4. The Kier molecular flexibility index (Phi) is 6.60. The number of aliphatic hydroxyl groups is 1. The van der Waals surface area contributed by atoms with Crippen molar-refractivity contribution in [1.29, 1.82) is 0 Å². The van der Waals surface area contributed by atoms with Gasteiger partial charge in [0, 0.05) is 37.6 Å². The van der Waals surface area contributed by atoms with E-state index < -0.39 is 16.1 Å². The number of sulfonamides is 1. The zero-order valence-electron chi connectivity index (χ0n) is 18.6. The van der Waals surface area contributed by atoms with Gasteiger partial charge in [-0.3, -0.25) is 9.10 Å². The molecule has 1 saturated carbocycles. The molecule has 2 aliphatic heterocycles. The van der Waals surface area contributed by atoms with Crippen molar-refractivity contribution < 1.29 is 18.3 Å². The van der Waals surface area contributed by atoms with Crippen molar-refractivity contribution >= 4 is 21.6 Å². The molecule has 0 aromatic heterocycles. The smallest absolute Gasteiger partial charge is 0.232 e. The number of β-amino-alcohol motifs (C(OH)–C–C–N with tert-alkyl or cyclic N) is 1. The molecular formula is C23H35N3O4S. The minimum atomic E-state index is -3.31. The Morgan fingerprint density at radius 3 is 2.52 bits per heavy atom. The minimum Gasteiger partial charge on any atom is -0.387 e. The summed E-state index contributed by atoms with van der Waals surface area (Å²) in [5.74, 6) is 0.437. The third-order valence-electron chi connectivity index (χ3n) is 7.09. The van der Waals surface area contributed by atoms with E-state index >= 15 is 0 Å². The molecule has 1 amide bonds. The van der Waals surface area contributed by atoms with E-state index in [-0.39, 0.29) is 23.9 Å². The second-order valence-electron chi connectivity index (χ2n) is 9.58. The number of piperidine rings is 1. The molecule has 7 nitrogen and oxygen atoms in total. The Labute approximate surface area is 185 Å². The molecule has 2 N–H and O–H groups in total. The summed E-state index contributed by atoms with van der Waals surface area (Å²) in [7, 11) is -3.31. The predicted molar refractivity (Wildman–Crippen MR) is 121 cm³/mol. The van der Waals surface area contributed by atoms with Crippen LogP contribution in [0.4, 0.5) is 5.69 Å². The summed E-state index contributed by atoms with van der Waals surface area (Å²) in [4.78, 5) is 14.6. The van der Waals surface area contributed by atoms with Crippen LogP contribution in [0, 0.1) is 5.92 Å². The van der Waals surface area contributed by atoms with Gasteiger partial charge in [-0.1, -0.05) is 25.0 Å². The van der Waals surface area contributed by atoms with Gasteiger partial charge in [0.05, 0.1) is 18.0 Å². The SMILES string of the molecule is C[C@H]1Cc2cc([C@H](O)CN3CCC(NC(=O)C4CCCC4)CC3)ccc2N1S(C)(=O)=O. The van der Waals surface area contributed by atoms with Crippen LogP contribution >= 0.6 is 0 Å². The number of likely N-dealkylation sites (tertiary alicyclic amines) is 1. The molecule has 4 rings (SSSR count). The highest BCUT2D eigenvalue weighted by Gasteiger charge is 2.33. The lowest BCUT2D eigenvalue weighted by Gasteiger charge is -2.34. The quantitative estimate of drug-likeness (QED) is 0.695. The van der Waals surface area contributed by atoms with Gasteiger partial charge >= 0.3 is 0 Å². The molecule has 1 saturated heterocycles. The Bertz CT molecular complexity index is 905. The second-order valence-corrected chi connectivity index (χ2v) is 11.4. The van der Waals surface area contributed by atoms with Gasteiger partial charge in [0.25, 0.3) is 0 Å². The van der Waals surface area contributed by atoms with E-state index in [1.165, 1.54) is 23.4 Å². The summed E-state index contributed by atoms with van der Waals surface area (Å²) >= 11 is 0. The number of carbonyl (C=O) groups excluding carboxylic acids is 1. The van der Waals surface area contributed by atoms with E-state index in [9.17, 15) is 18.3 Å². The molecule has 0 bridgehead atoms. The van der Waals surface area contributed by atoms with Crippen LogP contribution in [0.15, 0.2) is 18.2 Å². The molecule has 0 radical (unpaired) electrons. The van der Waals surface area contributed by atoms with Crippen LogP contribution in [-0.2, 0) is 21.2 Å². The molecule has 2 fully saturated rings. The molecule has 31 heavy (non-hydrogen) atoms. The number of nitrogens with zero attached hydrogens (tertiary/aromatic N) is 2. The zero-order chi connectivity index (χ0) is 22.2. The second kappa shape index (κ2) is 9.08. The molecule has 1 aromatic rings. The van der Waals surface area contributed by atoms with Crippen LogP contribution < -0.4 is 9.62 Å². The van der Waals surface area contributed by atoms with Crippen LogP contribution in [0.5, 0.6) is 0 Å². The normalized spacial score (nSPS) is 24.4. The largest absolute Gasteiger partial charge is 0.387 e. The molecule has 2 atom stereocenters. The van der Waals surface area contributed by atoms with Gasteiger partial charge in [-0.15, -0.1) is 0 Å². The van der Waals surface area contributed by atoms with Crippen molar-refractivity contribution in [3.05, 3.63) is 29.3 Å². The van der Waals surface area contributed by atoms with Gasteiger partial charge in [-0.2, -0.15) is 0 Å². The molecule has 0 spiro atoms. The fourth-order valence-electron chi connectivity index (χ4n) is 5.45. The average Bonchev–Trinajstić information content (AvgIpc) is 3.35. The van der Waals surface area contributed by atoms with Crippen molar-refractivity contribution in [2.24, 2.45) is 5.92 Å². The van der Waals surface area contributed by atoms with Crippen LogP contribution in [0.1, 0.15) is 62.7 Å². The number of aliphatic hydroxyl groups excluding tert-OH is 1. The monoisotopic (exact) mass is 449 g/mol. The third-order valence-corrected chi connectivity index (χ3v) is 8.36. The van der Waals surface area contributed by atoms with Crippen LogP contribution in [0.3, 0.4) is 0 Å². The molecular weight excluding hydrogens is 414 g/mol. The number of anilines is 1. The summed E-state index contributed by atoms with van der Waals surface area (Å²) in [6, 6.07) is 5.76. The third kappa shape index (κ3) is 5.07. The maximum Gasteiger partial charge on any atom is 0.232 e. The summed E-state index contributed by atoms with van der Waals surface area (Å²) in [6.07, 6.45) is 7.50. The van der Waals surface area contributed by atoms with Crippen LogP contribution in [0.2, 0.25) is 0 Å². The lowest BCUT2D eigenvalue weighted by Crippen LogP contribution is -2.46. The summed E-state index contributed by atoms with van der Waals surface area (Å²) in [5.41, 5.74) is 2.53. The van der Waals surface area contributed by atoms with Crippen LogP contribution in [0.25, 0.3) is 0 Å². The lowest BCUT2D eigenvalue weighted by molar-refractivity contribution is -0.125. The molecule has 3 aliphatic rings. The van der Waals surface area contributed by atoms with E-state index in [1.807, 2.05) is 25.1 Å². The van der Waals surface area contributed by atoms with Gasteiger partial charge in [0.15, 0.2) is 0 Å². The first kappa shape index (κ1) is 22.6. The highest BCUT2D eigenvalue weighted by Crippen LogP contribution is 2.36. The molecule has 1 aromatic carbocycles. The first-order valence-corrected chi connectivity index (χ1v) is 13.4. The first-order valence-electron chi connectivity index (χ1n) is 11.6. The average molecular weight is 450 g/mol. The van der Waals surface area contributed by atoms with E-state index in [2.05, 4.69) is 10.2 Å². The standard InChI is InChI=1S/C23H35N3O4S/c1-16-13-19-14-18(7-8-21(19)26(16)31(2,29)30)22(27)15-25-11-9-20(10-12-25)24-23(28)17-5-3-4-6-17/h7-8,14,16-17,20,22,27H,3-6,9-13,15H2,1-2H3,(H,24,28)/t16-,22+/m0/s1. The molecule has 1 aliphatic carbocycles. The molecule has 0 unspecified atom stereocenters. The number of rotatable bonds is 6. The molecule has 2 heterocycles. The minimum absolute atomic E-state index is 0.101. The van der Waals surface area contributed by atoms with Gasteiger partial charge in [-0.05, 0) is 56.2 Å². The van der Waals surface area contributed by atoms with Crippen molar-refractivity contribution in [1.82, 2.24) is 10.2 Å². The van der Waals surface area contributed by atoms with Gasteiger partial charge in [0.1, 0.15) is 0 Å². The highest BCUT2D eigenvalue weighted by molar-refractivity contribution is 7.92. The molecule has 8 heteroatoms. The number of nitrogens with one attached hydrogen (secondary N) is 1. The number of carbonyl (C=O) groups is 1. The Balaban J connectivity index is 1.30. The fourth-order valence-corrected chi connectivity index (χ4v) is 6.72. The van der Waals surface area contributed by atoms with E-state index in [4.69, 9.17) is 0 Å². The van der Waals surface area contributed by atoms with Crippen LogP contribution in [-0.4, -0.2) is 62.3 Å². The Morgan fingerprint density at radius 2 is 1.87 bits per heavy atom. The summed E-state index contributed by atoms with van der Waals surface area (Å²) in [6.45, 7) is 4.17. The predicted octanol–water partition coefficient (Wildman–Crippen LogP) is 2.20. The highest BCUT2D eigenvalue weighted by atomic mass is 32.2. The van der Waals surface area contributed by atoms with Gasteiger partial charge < -0.3 is 15.3 Å². The number of benzene rings is 1. The maximum absolute atomic E-state index is 12.4. The van der Waals surface area contributed by atoms with Gasteiger partial charge in [0.2, 0.25) is 15.9 Å². The first-order chi connectivity index (χ1) is 14.7. The number of fused-ring (bicyclic) bond motifs is 1. The summed E-state index contributed by atoms with van der Waals surface area (Å²) in [5, 5.41) is 14.0. The number of amides is 1. The van der Waals surface area contributed by atoms with E-state index in [1.54, 1.807) is 0 Å². The zero-order valence-corrected chi connectivity index (χ0v) is 19.4. The topological polar surface area (TPSA) is 89.9 Å². The Morgan fingerprint density at radius 1 is 1.19 bits per heavy atom. The van der Waals surface area contributed by atoms with E-state index in [0.29, 0.717) is 13.0 Å². The van der Waals surface area contributed by atoms with E-state index in [0.717, 1.165) is 55.6 Å². The fraction of sp³-hybridized carbons (Fsp3) is 0.696. The van der Waals surface area contributed by atoms with Gasteiger partial charge in [-0.25, -0.2) is 8.42 Å². The van der Waals surface area contributed by atoms with Crippen molar-refractivity contribution in [2.75, 3.05) is 30.2 Å². The summed E-state index contributed by atoms with van der Waals surface area (Å²) < 4.78 is 25.7.